The number of carbonyl (C=O) groups excluding carboxylic acids is 1. The first-order valence-corrected chi connectivity index (χ1v) is 5.46. The zero-order valence-electron chi connectivity index (χ0n) is 7.91. The third kappa shape index (κ3) is 3.37. The van der Waals surface area contributed by atoms with E-state index in [4.69, 9.17) is 39.9 Å². The molecule has 0 heterocycles. The maximum absolute atomic E-state index is 11.6. The molecule has 0 aliphatic rings. The topological polar surface area (TPSA) is 54.4 Å². The van der Waals surface area contributed by atoms with E-state index in [1.807, 2.05) is 0 Å². The summed E-state index contributed by atoms with van der Waals surface area (Å²) in [5, 5.41) is 7.89. The third-order valence-corrected chi connectivity index (χ3v) is 2.95. The van der Waals surface area contributed by atoms with Gasteiger partial charge in [0.1, 0.15) is 5.38 Å². The van der Waals surface area contributed by atoms with Crippen LogP contribution in [0.4, 0.5) is 0 Å². The number of carboxylic acid groups (broad SMARTS) is 1. The molecule has 0 saturated heterocycles. The van der Waals surface area contributed by atoms with Crippen molar-refractivity contribution >= 4 is 46.6 Å². The number of Topliss-reactive ketones (excluding diaryl/α,β-unsaturated/α-hetero) is 1. The monoisotopic (exact) mass is 280 g/mol. The molecule has 0 spiro atoms. The number of carboxylic acids is 1. The average Bonchev–Trinajstić information content (AvgIpc) is 2.21. The molecule has 0 radical (unpaired) electrons. The van der Waals surface area contributed by atoms with Gasteiger partial charge in [-0.05, 0) is 18.2 Å². The Labute approximate surface area is 107 Å². The van der Waals surface area contributed by atoms with Crippen molar-refractivity contribution in [1.29, 1.82) is 0 Å². The average molecular weight is 282 g/mol. The molecule has 1 atom stereocenters. The molecule has 0 aromatic heterocycles. The van der Waals surface area contributed by atoms with Crippen molar-refractivity contribution in [3.8, 4) is 0 Å². The van der Waals surface area contributed by atoms with E-state index in [2.05, 4.69) is 0 Å². The van der Waals surface area contributed by atoms with Crippen LogP contribution in [0, 0.1) is 0 Å². The molecular weight excluding hydrogens is 274 g/mol. The Morgan fingerprint density at radius 1 is 1.25 bits per heavy atom. The lowest BCUT2D eigenvalue weighted by Crippen LogP contribution is -2.17. The van der Waals surface area contributed by atoms with Crippen LogP contribution in [-0.4, -0.2) is 22.2 Å². The van der Waals surface area contributed by atoms with Gasteiger partial charge in [0.15, 0.2) is 5.78 Å². The first-order chi connectivity index (χ1) is 7.41. The minimum Gasteiger partial charge on any atom is -0.480 e. The maximum atomic E-state index is 11.6. The molecule has 1 aromatic carbocycles. The molecule has 86 valence electrons. The summed E-state index contributed by atoms with van der Waals surface area (Å²) in [5.74, 6) is -1.61. The molecule has 0 bridgehead atoms. The highest BCUT2D eigenvalue weighted by molar-refractivity contribution is 6.42. The molecule has 1 N–H and O–H groups in total. The van der Waals surface area contributed by atoms with Gasteiger partial charge in [0.25, 0.3) is 0 Å². The van der Waals surface area contributed by atoms with Crippen LogP contribution in [0.2, 0.25) is 10.0 Å². The highest BCUT2D eigenvalue weighted by Crippen LogP contribution is 2.23. The second kappa shape index (κ2) is 5.53. The van der Waals surface area contributed by atoms with Crippen LogP contribution < -0.4 is 0 Å². The number of hydrogen-bond acceptors (Lipinski definition) is 2. The van der Waals surface area contributed by atoms with E-state index in [1.165, 1.54) is 18.2 Å². The summed E-state index contributed by atoms with van der Waals surface area (Å²) < 4.78 is 0. The van der Waals surface area contributed by atoms with Crippen molar-refractivity contribution in [2.45, 2.75) is 11.8 Å². The Bertz CT molecular complexity index is 431. The van der Waals surface area contributed by atoms with Crippen molar-refractivity contribution in [3.05, 3.63) is 33.8 Å². The molecule has 0 aliphatic carbocycles. The molecule has 6 heteroatoms. The summed E-state index contributed by atoms with van der Waals surface area (Å²) in [6.07, 6.45) is -0.283. The third-order valence-electron chi connectivity index (χ3n) is 1.87. The summed E-state index contributed by atoms with van der Waals surface area (Å²) >= 11 is 16.9. The fraction of sp³-hybridized carbons (Fsp3) is 0.200. The van der Waals surface area contributed by atoms with Crippen LogP contribution >= 0.6 is 34.8 Å². The van der Waals surface area contributed by atoms with Gasteiger partial charge in [-0.3, -0.25) is 9.59 Å². The summed E-state index contributed by atoms with van der Waals surface area (Å²) in [7, 11) is 0. The Morgan fingerprint density at radius 3 is 2.38 bits per heavy atom. The zero-order chi connectivity index (χ0) is 12.3. The van der Waals surface area contributed by atoms with Crippen molar-refractivity contribution in [2.24, 2.45) is 0 Å². The van der Waals surface area contributed by atoms with E-state index >= 15 is 0 Å². The SMILES string of the molecule is O=C(C[C@H](Cl)C(=O)O)c1ccc(Cl)c(Cl)c1. The summed E-state index contributed by atoms with van der Waals surface area (Å²) in [5.41, 5.74) is 0.293. The summed E-state index contributed by atoms with van der Waals surface area (Å²) in [6.45, 7) is 0. The number of carbonyl (C=O) groups is 2. The maximum Gasteiger partial charge on any atom is 0.322 e. The minimum atomic E-state index is -1.23. The van der Waals surface area contributed by atoms with Crippen LogP contribution in [-0.2, 0) is 4.79 Å². The van der Waals surface area contributed by atoms with E-state index in [0.29, 0.717) is 10.6 Å². The van der Waals surface area contributed by atoms with Gasteiger partial charge < -0.3 is 5.11 Å². The Morgan fingerprint density at radius 2 is 1.88 bits per heavy atom. The summed E-state index contributed by atoms with van der Waals surface area (Å²) in [6, 6.07) is 4.33. The second-order valence-electron chi connectivity index (χ2n) is 3.06. The van der Waals surface area contributed by atoms with E-state index in [-0.39, 0.29) is 17.2 Å². The molecule has 1 rings (SSSR count). The second-order valence-corrected chi connectivity index (χ2v) is 4.40. The van der Waals surface area contributed by atoms with Crippen molar-refractivity contribution in [2.75, 3.05) is 0 Å². The number of alkyl halides is 1. The van der Waals surface area contributed by atoms with Crippen molar-refractivity contribution in [3.63, 3.8) is 0 Å². The lowest BCUT2D eigenvalue weighted by atomic mass is 10.1. The van der Waals surface area contributed by atoms with Crippen LogP contribution in [0.5, 0.6) is 0 Å². The smallest absolute Gasteiger partial charge is 0.322 e. The standard InChI is InChI=1S/C10H7Cl3O3/c11-6-2-1-5(3-7(6)12)9(14)4-8(13)10(15)16/h1-3,8H,4H2,(H,15,16)/t8-/m0/s1. The Balaban J connectivity index is 2.81. The van der Waals surface area contributed by atoms with Gasteiger partial charge in [-0.1, -0.05) is 23.2 Å². The van der Waals surface area contributed by atoms with Crippen LogP contribution in [0.15, 0.2) is 18.2 Å². The molecule has 16 heavy (non-hydrogen) atoms. The first-order valence-electron chi connectivity index (χ1n) is 4.27. The van der Waals surface area contributed by atoms with Crippen LogP contribution in [0.1, 0.15) is 16.8 Å². The molecule has 0 amide bonds. The number of ketones is 1. The quantitative estimate of drug-likeness (QED) is 0.681. The predicted octanol–water partition coefficient (Wildman–Crippen LogP) is 3.26. The van der Waals surface area contributed by atoms with Gasteiger partial charge >= 0.3 is 5.97 Å². The normalized spacial score (nSPS) is 12.2. The first kappa shape index (κ1) is 13.3. The largest absolute Gasteiger partial charge is 0.480 e. The minimum absolute atomic E-state index is 0.244. The Kier molecular flexibility index (Phi) is 4.59. The zero-order valence-corrected chi connectivity index (χ0v) is 10.2. The number of benzene rings is 1. The van der Waals surface area contributed by atoms with Crippen molar-refractivity contribution < 1.29 is 14.7 Å². The molecule has 1 aromatic rings. The van der Waals surface area contributed by atoms with Gasteiger partial charge in [-0.25, -0.2) is 0 Å². The highest BCUT2D eigenvalue weighted by Gasteiger charge is 2.19. The molecule has 0 fully saturated rings. The lowest BCUT2D eigenvalue weighted by molar-refractivity contribution is -0.136. The lowest BCUT2D eigenvalue weighted by Gasteiger charge is -2.04. The van der Waals surface area contributed by atoms with Gasteiger partial charge in [-0.2, -0.15) is 0 Å². The van der Waals surface area contributed by atoms with E-state index in [9.17, 15) is 9.59 Å². The molecule has 0 aliphatic heterocycles. The van der Waals surface area contributed by atoms with Crippen LogP contribution in [0.3, 0.4) is 0 Å². The molecule has 0 saturated carbocycles. The molecule has 0 unspecified atom stereocenters. The van der Waals surface area contributed by atoms with Gasteiger partial charge in [0, 0.05) is 12.0 Å². The van der Waals surface area contributed by atoms with Gasteiger partial charge in [-0.15, -0.1) is 11.6 Å². The van der Waals surface area contributed by atoms with E-state index < -0.39 is 11.3 Å². The molecular formula is C10H7Cl3O3. The van der Waals surface area contributed by atoms with Crippen LogP contribution in [0.25, 0.3) is 0 Å². The van der Waals surface area contributed by atoms with Gasteiger partial charge in [0.05, 0.1) is 10.0 Å². The van der Waals surface area contributed by atoms with Gasteiger partial charge in [0.2, 0.25) is 0 Å². The van der Waals surface area contributed by atoms with E-state index in [1.54, 1.807) is 0 Å². The predicted molar refractivity (Wildman–Crippen MR) is 62.7 cm³/mol. The van der Waals surface area contributed by atoms with E-state index in [0.717, 1.165) is 0 Å². The number of rotatable bonds is 4. The fourth-order valence-corrected chi connectivity index (χ4v) is 1.48. The van der Waals surface area contributed by atoms with Crippen molar-refractivity contribution in [1.82, 2.24) is 0 Å². The highest BCUT2D eigenvalue weighted by atomic mass is 35.5. The molecule has 3 nitrogen and oxygen atoms in total. The summed E-state index contributed by atoms with van der Waals surface area (Å²) in [4.78, 5) is 22.0. The number of aliphatic carboxylic acids is 1. The fourth-order valence-electron chi connectivity index (χ4n) is 1.04. The number of hydrogen-bond donors (Lipinski definition) is 1. The Hall–Kier alpha value is -0.770. The number of halogens is 3.